The summed E-state index contributed by atoms with van der Waals surface area (Å²) in [7, 11) is 1.44. The Kier molecular flexibility index (Phi) is 4.28. The van der Waals surface area contributed by atoms with Crippen molar-refractivity contribution < 1.29 is 9.53 Å². The van der Waals surface area contributed by atoms with Crippen LogP contribution in [-0.2, 0) is 9.53 Å². The number of nitrogens with zero attached hydrogens (tertiary/aromatic N) is 1. The van der Waals surface area contributed by atoms with Crippen molar-refractivity contribution >= 4 is 5.97 Å². The predicted octanol–water partition coefficient (Wildman–Crippen LogP) is 1.53. The normalized spacial score (nSPS) is 31.9. The second-order valence-corrected chi connectivity index (χ2v) is 5.77. The van der Waals surface area contributed by atoms with Gasteiger partial charge in [-0.3, -0.25) is 4.79 Å². The molecular weight excluding hydrogens is 228 g/mol. The first-order valence-electron chi connectivity index (χ1n) is 7.23. The molecule has 0 heterocycles. The van der Waals surface area contributed by atoms with Gasteiger partial charge in [-0.15, -0.1) is 0 Å². The van der Waals surface area contributed by atoms with E-state index >= 15 is 0 Å². The number of nitrogens with two attached hydrogens (primary N) is 1. The summed E-state index contributed by atoms with van der Waals surface area (Å²) in [5.41, 5.74) is 5.56. The minimum absolute atomic E-state index is 0.223. The summed E-state index contributed by atoms with van der Waals surface area (Å²) >= 11 is 0. The van der Waals surface area contributed by atoms with E-state index in [1.165, 1.54) is 20.0 Å². The zero-order valence-electron chi connectivity index (χ0n) is 11.7. The zero-order chi connectivity index (χ0) is 13.2. The van der Waals surface area contributed by atoms with Gasteiger partial charge >= 0.3 is 5.97 Å². The summed E-state index contributed by atoms with van der Waals surface area (Å²) in [6.07, 6.45) is 6.59. The number of methoxy groups -OCH3 is 1. The number of hydrogen-bond donors (Lipinski definition) is 1. The first-order chi connectivity index (χ1) is 8.61. The van der Waals surface area contributed by atoms with Crippen molar-refractivity contribution in [3.05, 3.63) is 0 Å². The molecule has 0 aromatic carbocycles. The van der Waals surface area contributed by atoms with Crippen molar-refractivity contribution in [1.82, 2.24) is 4.90 Å². The molecule has 0 saturated heterocycles. The molecule has 0 aliphatic heterocycles. The maximum absolute atomic E-state index is 11.8. The summed E-state index contributed by atoms with van der Waals surface area (Å²) in [5.74, 6) is 0.0669. The fourth-order valence-electron chi connectivity index (χ4n) is 3.32. The van der Waals surface area contributed by atoms with Crippen LogP contribution in [0, 0.1) is 5.92 Å². The van der Waals surface area contributed by atoms with Crippen LogP contribution in [0.15, 0.2) is 0 Å². The topological polar surface area (TPSA) is 55.6 Å². The van der Waals surface area contributed by atoms with E-state index in [0.717, 1.165) is 44.8 Å². The highest BCUT2D eigenvalue weighted by atomic mass is 16.5. The number of rotatable bonds is 6. The van der Waals surface area contributed by atoms with Gasteiger partial charge < -0.3 is 15.4 Å². The quantitative estimate of drug-likeness (QED) is 0.730. The first kappa shape index (κ1) is 13.8. The van der Waals surface area contributed by atoms with Gasteiger partial charge in [0.15, 0.2) is 0 Å². The highest BCUT2D eigenvalue weighted by molar-refractivity contribution is 5.81. The second-order valence-electron chi connectivity index (χ2n) is 5.77. The van der Waals surface area contributed by atoms with Gasteiger partial charge in [0.25, 0.3) is 0 Å². The third-order valence-corrected chi connectivity index (χ3v) is 4.67. The minimum atomic E-state index is -0.724. The van der Waals surface area contributed by atoms with Crippen LogP contribution >= 0.6 is 0 Å². The average Bonchev–Trinajstić information content (AvgIpc) is 3.14. The Morgan fingerprint density at radius 2 is 2.17 bits per heavy atom. The Labute approximate surface area is 110 Å². The van der Waals surface area contributed by atoms with E-state index in [1.54, 1.807) is 0 Å². The van der Waals surface area contributed by atoms with Crippen LogP contribution in [0.3, 0.4) is 0 Å². The number of carbonyl (C=O) groups excluding carboxylic acids is 1. The molecule has 0 bridgehead atoms. The smallest absolute Gasteiger partial charge is 0.326 e. The first-order valence-corrected chi connectivity index (χ1v) is 7.23. The van der Waals surface area contributed by atoms with E-state index in [0.29, 0.717) is 0 Å². The van der Waals surface area contributed by atoms with Crippen LogP contribution in [0.4, 0.5) is 0 Å². The lowest BCUT2D eigenvalue weighted by Crippen LogP contribution is -2.52. The van der Waals surface area contributed by atoms with Crippen molar-refractivity contribution in [2.75, 3.05) is 20.2 Å². The van der Waals surface area contributed by atoms with Crippen molar-refractivity contribution in [3.8, 4) is 0 Å². The maximum Gasteiger partial charge on any atom is 0.326 e. The highest BCUT2D eigenvalue weighted by Crippen LogP contribution is 2.37. The molecule has 2 saturated carbocycles. The SMILES string of the molecule is CCN(CCC1CCCC1(N)C(=O)OC)C1CC1. The Hall–Kier alpha value is -0.610. The van der Waals surface area contributed by atoms with Crippen LogP contribution in [-0.4, -0.2) is 42.6 Å². The van der Waals surface area contributed by atoms with Gasteiger partial charge in [0.1, 0.15) is 5.54 Å². The molecule has 0 aromatic heterocycles. The molecule has 2 aliphatic rings. The lowest BCUT2D eigenvalue weighted by molar-refractivity contribution is -0.148. The standard InChI is InChI=1S/C14H26N2O2/c1-3-16(12-6-7-12)10-8-11-5-4-9-14(11,15)13(17)18-2/h11-12H,3-10,15H2,1-2H3. The molecule has 2 aliphatic carbocycles. The van der Waals surface area contributed by atoms with Gasteiger partial charge in [-0.25, -0.2) is 0 Å². The summed E-state index contributed by atoms with van der Waals surface area (Å²) < 4.78 is 4.88. The second kappa shape index (κ2) is 5.57. The molecule has 0 radical (unpaired) electrons. The highest BCUT2D eigenvalue weighted by Gasteiger charge is 2.46. The van der Waals surface area contributed by atoms with Crippen molar-refractivity contribution in [1.29, 1.82) is 0 Å². The molecule has 2 atom stereocenters. The molecule has 2 N–H and O–H groups in total. The molecule has 2 rings (SSSR count). The summed E-state index contributed by atoms with van der Waals surface area (Å²) in [5, 5.41) is 0. The van der Waals surface area contributed by atoms with E-state index in [2.05, 4.69) is 11.8 Å². The van der Waals surface area contributed by atoms with Gasteiger partial charge in [0.05, 0.1) is 7.11 Å². The van der Waals surface area contributed by atoms with Gasteiger partial charge in [0.2, 0.25) is 0 Å². The summed E-state index contributed by atoms with van der Waals surface area (Å²) in [6.45, 7) is 4.39. The lowest BCUT2D eigenvalue weighted by Gasteiger charge is -2.30. The number of carbonyl (C=O) groups is 1. The Morgan fingerprint density at radius 1 is 1.44 bits per heavy atom. The van der Waals surface area contributed by atoms with E-state index in [9.17, 15) is 4.79 Å². The molecule has 4 heteroatoms. The average molecular weight is 254 g/mol. The van der Waals surface area contributed by atoms with E-state index in [-0.39, 0.29) is 11.9 Å². The Morgan fingerprint density at radius 3 is 2.72 bits per heavy atom. The maximum atomic E-state index is 11.8. The molecular formula is C14H26N2O2. The van der Waals surface area contributed by atoms with Crippen LogP contribution in [0.25, 0.3) is 0 Å². The molecule has 4 nitrogen and oxygen atoms in total. The van der Waals surface area contributed by atoms with Crippen LogP contribution in [0.1, 0.15) is 45.4 Å². The number of esters is 1. The largest absolute Gasteiger partial charge is 0.468 e. The summed E-state index contributed by atoms with van der Waals surface area (Å²) in [6, 6.07) is 0.793. The fraction of sp³-hybridized carbons (Fsp3) is 0.929. The lowest BCUT2D eigenvalue weighted by atomic mass is 9.85. The Bertz CT molecular complexity index is 304. The predicted molar refractivity (Wildman–Crippen MR) is 71.2 cm³/mol. The molecule has 2 fully saturated rings. The number of ether oxygens (including phenoxy) is 1. The fourth-order valence-corrected chi connectivity index (χ4v) is 3.32. The summed E-state index contributed by atoms with van der Waals surface area (Å²) in [4.78, 5) is 14.4. The Balaban J connectivity index is 1.89. The van der Waals surface area contributed by atoms with Crippen LogP contribution < -0.4 is 5.73 Å². The molecule has 2 unspecified atom stereocenters. The molecule has 18 heavy (non-hydrogen) atoms. The zero-order valence-corrected chi connectivity index (χ0v) is 11.7. The number of hydrogen-bond acceptors (Lipinski definition) is 4. The van der Waals surface area contributed by atoms with Gasteiger partial charge in [-0.05, 0) is 51.1 Å². The molecule has 0 spiro atoms. The van der Waals surface area contributed by atoms with Gasteiger partial charge in [-0.2, -0.15) is 0 Å². The minimum Gasteiger partial charge on any atom is -0.468 e. The van der Waals surface area contributed by atoms with Crippen LogP contribution in [0.5, 0.6) is 0 Å². The third-order valence-electron chi connectivity index (χ3n) is 4.67. The van der Waals surface area contributed by atoms with E-state index in [1.807, 2.05) is 0 Å². The molecule has 0 aromatic rings. The van der Waals surface area contributed by atoms with Crippen molar-refractivity contribution in [2.24, 2.45) is 11.7 Å². The van der Waals surface area contributed by atoms with Gasteiger partial charge in [0, 0.05) is 6.04 Å². The third kappa shape index (κ3) is 2.69. The molecule has 0 amide bonds. The van der Waals surface area contributed by atoms with Crippen LogP contribution in [0.2, 0.25) is 0 Å². The van der Waals surface area contributed by atoms with Crippen molar-refractivity contribution in [2.45, 2.75) is 57.0 Å². The van der Waals surface area contributed by atoms with E-state index < -0.39 is 5.54 Å². The molecule has 104 valence electrons. The van der Waals surface area contributed by atoms with Crippen molar-refractivity contribution in [3.63, 3.8) is 0 Å². The van der Waals surface area contributed by atoms with Gasteiger partial charge in [-0.1, -0.05) is 13.3 Å². The van der Waals surface area contributed by atoms with E-state index in [4.69, 9.17) is 10.5 Å². The monoisotopic (exact) mass is 254 g/mol.